The van der Waals surface area contributed by atoms with Crippen molar-refractivity contribution in [2.75, 3.05) is 0 Å². The van der Waals surface area contributed by atoms with E-state index in [1.165, 1.54) is 0 Å². The Bertz CT molecular complexity index is 197. The van der Waals surface area contributed by atoms with Crippen LogP contribution < -0.4 is 8.95 Å². The zero-order valence-corrected chi connectivity index (χ0v) is 6.39. The summed E-state index contributed by atoms with van der Waals surface area (Å²) in [6.45, 7) is 0. The van der Waals surface area contributed by atoms with E-state index in [9.17, 15) is 4.66 Å². The smallest absolute Gasteiger partial charge is 0.393 e. The average Bonchev–Trinajstić information content (AvgIpc) is 1.95. The molecule has 0 aliphatic rings. The summed E-state index contributed by atoms with van der Waals surface area (Å²) >= 11 is 6.05. The quantitative estimate of drug-likeness (QED) is 0.678. The molecular weight excluding hydrogens is 175 g/mol. The Hall–Kier alpha value is -0.440. The van der Waals surface area contributed by atoms with Gasteiger partial charge in [-0.25, -0.2) is 4.29 Å². The zero-order chi connectivity index (χ0) is 7.40. The predicted octanol–water partition coefficient (Wildman–Crippen LogP) is 0.994. The van der Waals surface area contributed by atoms with Gasteiger partial charge in [0.2, 0.25) is 0 Å². The topological polar surface area (TPSA) is 32.3 Å². The van der Waals surface area contributed by atoms with E-state index in [-0.39, 0.29) is 0 Å². The summed E-state index contributed by atoms with van der Waals surface area (Å²) < 4.78 is 14.3. The molecule has 0 fully saturated rings. The summed E-state index contributed by atoms with van der Waals surface area (Å²) in [5, 5.41) is 0.622. The molecule has 0 N–H and O–H groups in total. The fraction of sp³-hybridized carbons (Fsp3) is 0. The lowest BCUT2D eigenvalue weighted by Crippen LogP contribution is -2.06. The highest BCUT2D eigenvalue weighted by Crippen LogP contribution is 2.14. The van der Waals surface area contributed by atoms with Crippen LogP contribution >= 0.6 is 11.6 Å². The highest BCUT2D eigenvalue weighted by atomic mass is 35.6. The Morgan fingerprint density at radius 2 is 1.90 bits per heavy atom. The van der Waals surface area contributed by atoms with Crippen LogP contribution in [0.1, 0.15) is 0 Å². The molecule has 0 amide bonds. The highest BCUT2D eigenvalue weighted by molar-refractivity contribution is 6.30. The van der Waals surface area contributed by atoms with E-state index in [4.69, 9.17) is 11.6 Å². The van der Waals surface area contributed by atoms with Gasteiger partial charge in [-0.05, 0) is 24.3 Å². The van der Waals surface area contributed by atoms with Crippen LogP contribution in [0.5, 0.6) is 5.75 Å². The van der Waals surface area contributed by atoms with Gasteiger partial charge in [-0.1, -0.05) is 11.6 Å². The first-order valence-electron chi connectivity index (χ1n) is 2.52. The molecule has 1 aromatic rings. The molecule has 0 aliphatic heterocycles. The largest absolute Gasteiger partial charge is 0.495 e. The van der Waals surface area contributed by atoms with E-state index < -0.39 is 0 Å². The van der Waals surface area contributed by atoms with Crippen LogP contribution in [0.3, 0.4) is 0 Å². The zero-order valence-electron chi connectivity index (χ0n) is 4.88. The van der Waals surface area contributed by atoms with Gasteiger partial charge in [0.25, 0.3) is 0 Å². The van der Waals surface area contributed by atoms with Crippen LogP contribution in [-0.4, -0.2) is 0 Å². The molecule has 54 valence electrons. The van der Waals surface area contributed by atoms with E-state index in [2.05, 4.69) is 4.29 Å². The normalized spacial score (nSPS) is 9.40. The molecule has 0 unspecified atom stereocenters. The van der Waals surface area contributed by atoms with Crippen molar-refractivity contribution in [1.82, 2.24) is 0 Å². The second-order valence-electron chi connectivity index (χ2n) is 1.59. The first kappa shape index (κ1) is 7.66. The summed E-state index contributed by atoms with van der Waals surface area (Å²) in [5.74, 6) is 0.493. The van der Waals surface area contributed by atoms with Gasteiger partial charge in [0, 0.05) is 5.02 Å². The molecule has 0 bridgehead atoms. The second-order valence-corrected chi connectivity index (χ2v) is 2.31. The van der Waals surface area contributed by atoms with Crippen LogP contribution in [0.25, 0.3) is 0 Å². The number of rotatable bonds is 2. The summed E-state index contributed by atoms with van der Waals surface area (Å²) in [4.78, 5) is 0. The van der Waals surface area contributed by atoms with E-state index >= 15 is 0 Å². The fourth-order valence-corrected chi connectivity index (χ4v) is 0.824. The first-order valence-corrected chi connectivity index (χ1v) is 3.52. The predicted molar refractivity (Wildman–Crippen MR) is 32.1 cm³/mol. The molecular formula is C6H4Cl2O2. The van der Waals surface area contributed by atoms with Crippen molar-refractivity contribution in [1.29, 1.82) is 0 Å². The molecule has 0 spiro atoms. The van der Waals surface area contributed by atoms with Crippen molar-refractivity contribution < 1.29 is 20.3 Å². The first-order chi connectivity index (χ1) is 4.83. The molecule has 0 aromatic heterocycles. The van der Waals surface area contributed by atoms with Crippen molar-refractivity contribution in [3.05, 3.63) is 29.3 Å². The van der Waals surface area contributed by atoms with Crippen molar-refractivity contribution in [3.63, 3.8) is 0 Å². The molecule has 2 nitrogen and oxygen atoms in total. The van der Waals surface area contributed by atoms with Crippen molar-refractivity contribution in [3.8, 4) is 5.75 Å². The van der Waals surface area contributed by atoms with Crippen LogP contribution in [0.2, 0.25) is 5.02 Å². The summed E-state index contributed by atoms with van der Waals surface area (Å²) in [6, 6.07) is 6.54. The second kappa shape index (κ2) is 3.66. The molecule has 1 rings (SSSR count). The number of halogens is 2. The van der Waals surface area contributed by atoms with Crippen molar-refractivity contribution in [2.24, 2.45) is 0 Å². The Morgan fingerprint density at radius 3 is 2.40 bits per heavy atom. The van der Waals surface area contributed by atoms with Crippen molar-refractivity contribution >= 4 is 11.6 Å². The van der Waals surface area contributed by atoms with Crippen LogP contribution in [-0.2, 0) is 0 Å². The SMILES string of the molecule is [O-][Cl+]Oc1ccc(Cl)cc1. The Morgan fingerprint density at radius 1 is 1.30 bits per heavy atom. The standard InChI is InChI=1S/C6H4Cl2O2/c7-5-1-3-6(4-2-5)10-8-9/h1-4H. The number of hydrogen-bond donors (Lipinski definition) is 0. The number of benzene rings is 1. The van der Waals surface area contributed by atoms with Gasteiger partial charge in [-0.3, -0.25) is 0 Å². The molecule has 0 aliphatic carbocycles. The lowest BCUT2D eigenvalue weighted by Gasteiger charge is -1.90. The summed E-state index contributed by atoms with van der Waals surface area (Å²) in [7, 11) is 0. The minimum Gasteiger partial charge on any atom is -0.495 e. The van der Waals surface area contributed by atoms with Gasteiger partial charge in [-0.15, -0.1) is 0 Å². The van der Waals surface area contributed by atoms with Crippen LogP contribution in [0.15, 0.2) is 24.3 Å². The minimum atomic E-state index is 0.482. The van der Waals surface area contributed by atoms with Crippen LogP contribution in [0.4, 0.5) is 0 Å². The van der Waals surface area contributed by atoms with E-state index in [0.29, 0.717) is 22.1 Å². The fourth-order valence-electron chi connectivity index (χ4n) is 0.522. The van der Waals surface area contributed by atoms with Gasteiger partial charge >= 0.3 is 11.3 Å². The summed E-state index contributed by atoms with van der Waals surface area (Å²) in [6.07, 6.45) is 0. The maximum absolute atomic E-state index is 9.79. The molecule has 0 saturated carbocycles. The van der Waals surface area contributed by atoms with Gasteiger partial charge in [-0.2, -0.15) is 0 Å². The third-order valence-corrected chi connectivity index (χ3v) is 1.43. The van der Waals surface area contributed by atoms with Gasteiger partial charge in [0.1, 0.15) is 0 Å². The average molecular weight is 179 g/mol. The Kier molecular flexibility index (Phi) is 2.81. The van der Waals surface area contributed by atoms with Gasteiger partial charge in [0.05, 0.1) is 0 Å². The highest BCUT2D eigenvalue weighted by Gasteiger charge is 1.96. The van der Waals surface area contributed by atoms with E-state index in [0.717, 1.165) is 0 Å². The van der Waals surface area contributed by atoms with Gasteiger partial charge in [0.15, 0.2) is 5.75 Å². The van der Waals surface area contributed by atoms with E-state index in [1.54, 1.807) is 24.3 Å². The molecule has 1 aromatic carbocycles. The monoisotopic (exact) mass is 178 g/mol. The molecule has 0 heterocycles. The molecule has 10 heavy (non-hydrogen) atoms. The number of hydrogen-bond acceptors (Lipinski definition) is 2. The van der Waals surface area contributed by atoms with Crippen molar-refractivity contribution in [2.45, 2.75) is 0 Å². The lowest BCUT2D eigenvalue weighted by molar-refractivity contribution is -1.25. The Labute approximate surface area is 67.4 Å². The molecule has 4 heteroatoms. The minimum absolute atomic E-state index is 0.482. The maximum Gasteiger partial charge on any atom is 0.393 e. The molecule has 0 saturated heterocycles. The Balaban J connectivity index is 2.69. The summed E-state index contributed by atoms with van der Waals surface area (Å²) in [5.41, 5.74) is 0. The third kappa shape index (κ3) is 2.06. The van der Waals surface area contributed by atoms with Crippen LogP contribution in [0, 0.1) is 11.3 Å². The third-order valence-electron chi connectivity index (χ3n) is 0.934. The lowest BCUT2D eigenvalue weighted by atomic mass is 10.3. The molecule has 0 radical (unpaired) electrons. The van der Waals surface area contributed by atoms with Gasteiger partial charge < -0.3 is 4.66 Å². The van der Waals surface area contributed by atoms with E-state index in [1.807, 2.05) is 0 Å². The maximum atomic E-state index is 9.79. The molecule has 0 atom stereocenters.